The minimum absolute atomic E-state index is 0.104. The van der Waals surface area contributed by atoms with E-state index in [-0.39, 0.29) is 36.2 Å². The summed E-state index contributed by atoms with van der Waals surface area (Å²) < 4.78 is 18.2. The molecule has 2 aromatic carbocycles. The Morgan fingerprint density at radius 3 is 2.41 bits per heavy atom. The van der Waals surface area contributed by atoms with Crippen molar-refractivity contribution in [3.63, 3.8) is 0 Å². The number of likely N-dealkylation sites (tertiary alicyclic amines) is 2. The molecular weight excluding hydrogens is 433 g/mol. The lowest BCUT2D eigenvalue weighted by atomic mass is 10.0. The number of carbonyl (C=O) groups excluding carboxylic acids is 2. The second-order valence-corrected chi connectivity index (χ2v) is 9.35. The highest BCUT2D eigenvalue weighted by molar-refractivity contribution is 5.80. The van der Waals surface area contributed by atoms with E-state index in [2.05, 4.69) is 39.4 Å². The van der Waals surface area contributed by atoms with Crippen molar-refractivity contribution < 1.29 is 18.7 Å². The molecule has 0 saturated carbocycles. The van der Waals surface area contributed by atoms with Gasteiger partial charge in [0, 0.05) is 25.2 Å². The lowest BCUT2D eigenvalue weighted by Gasteiger charge is -2.38. The summed E-state index contributed by atoms with van der Waals surface area (Å²) in [6.45, 7) is 3.69. The molecule has 182 valence electrons. The van der Waals surface area contributed by atoms with Crippen molar-refractivity contribution in [3.8, 4) is 0 Å². The molecule has 0 aliphatic carbocycles. The van der Waals surface area contributed by atoms with Crippen LogP contribution in [0.2, 0.25) is 0 Å². The van der Waals surface area contributed by atoms with Crippen molar-refractivity contribution in [3.05, 3.63) is 71.5 Å². The lowest BCUT2D eigenvalue weighted by Crippen LogP contribution is -2.49. The first kappa shape index (κ1) is 24.4. The Labute approximate surface area is 201 Å². The average molecular weight is 468 g/mol. The first-order chi connectivity index (χ1) is 16.5. The summed E-state index contributed by atoms with van der Waals surface area (Å²) in [5.74, 6) is -0.665. The highest BCUT2D eigenvalue weighted by Gasteiger charge is 2.42. The molecule has 34 heavy (non-hydrogen) atoms. The van der Waals surface area contributed by atoms with E-state index in [1.54, 1.807) is 12.1 Å². The van der Waals surface area contributed by atoms with E-state index in [9.17, 15) is 14.0 Å². The maximum absolute atomic E-state index is 13.1. The van der Waals surface area contributed by atoms with E-state index in [1.165, 1.54) is 24.8 Å². The van der Waals surface area contributed by atoms with Gasteiger partial charge >= 0.3 is 5.97 Å². The number of hydrogen-bond donors (Lipinski definition) is 1. The molecule has 2 aromatic rings. The van der Waals surface area contributed by atoms with E-state index in [4.69, 9.17) is 4.74 Å². The summed E-state index contributed by atoms with van der Waals surface area (Å²) in [6, 6.07) is 16.4. The molecule has 2 saturated heterocycles. The van der Waals surface area contributed by atoms with E-state index in [0.717, 1.165) is 44.5 Å². The largest absolute Gasteiger partial charge is 0.468 e. The highest BCUT2D eigenvalue weighted by Crippen LogP contribution is 2.27. The van der Waals surface area contributed by atoms with Crippen molar-refractivity contribution in [2.24, 2.45) is 0 Å². The van der Waals surface area contributed by atoms with Crippen molar-refractivity contribution in [1.82, 2.24) is 15.1 Å². The van der Waals surface area contributed by atoms with Gasteiger partial charge in [-0.05, 0) is 62.0 Å². The molecule has 0 radical (unpaired) electrons. The van der Waals surface area contributed by atoms with Gasteiger partial charge in [0.15, 0.2) is 0 Å². The molecule has 6 nitrogen and oxygen atoms in total. The minimum atomic E-state index is -0.331. The van der Waals surface area contributed by atoms with Crippen LogP contribution in [0.5, 0.6) is 0 Å². The van der Waals surface area contributed by atoms with Crippen LogP contribution in [0.15, 0.2) is 54.6 Å². The van der Waals surface area contributed by atoms with Gasteiger partial charge < -0.3 is 15.0 Å². The third-order valence-corrected chi connectivity index (χ3v) is 7.04. The number of ether oxygens (including phenoxy) is 1. The second kappa shape index (κ2) is 11.6. The Kier molecular flexibility index (Phi) is 8.29. The topological polar surface area (TPSA) is 61.9 Å². The number of nitrogens with zero attached hydrogens (tertiary/aromatic N) is 2. The zero-order valence-corrected chi connectivity index (χ0v) is 19.8. The summed E-state index contributed by atoms with van der Waals surface area (Å²) in [7, 11) is 1.42. The van der Waals surface area contributed by atoms with Gasteiger partial charge in [0.05, 0.1) is 13.5 Å². The number of nitrogens with one attached hydrogen (secondary N) is 1. The second-order valence-electron chi connectivity index (χ2n) is 9.35. The number of rotatable bonds is 8. The maximum Gasteiger partial charge on any atom is 0.323 e. The van der Waals surface area contributed by atoms with Crippen LogP contribution in [-0.2, 0) is 27.2 Å². The van der Waals surface area contributed by atoms with Crippen LogP contribution in [0.1, 0.15) is 30.4 Å². The van der Waals surface area contributed by atoms with Crippen molar-refractivity contribution in [2.75, 3.05) is 33.3 Å². The number of esters is 1. The lowest BCUT2D eigenvalue weighted by molar-refractivity contribution is -0.147. The number of carbonyl (C=O) groups is 2. The Morgan fingerprint density at radius 1 is 1.03 bits per heavy atom. The quantitative estimate of drug-likeness (QED) is 0.605. The molecule has 0 aromatic heterocycles. The number of hydrogen-bond acceptors (Lipinski definition) is 5. The van der Waals surface area contributed by atoms with Crippen molar-refractivity contribution in [2.45, 2.75) is 50.2 Å². The summed E-state index contributed by atoms with van der Waals surface area (Å²) in [5.41, 5.74) is 2.12. The molecule has 7 heteroatoms. The first-order valence-electron chi connectivity index (χ1n) is 12.2. The monoisotopic (exact) mass is 467 g/mol. The molecule has 1 N–H and O–H groups in total. The number of benzene rings is 2. The molecule has 2 aliphatic heterocycles. The van der Waals surface area contributed by atoms with Crippen molar-refractivity contribution in [1.29, 1.82) is 0 Å². The number of halogens is 1. The fraction of sp³-hybridized carbons (Fsp3) is 0.481. The Morgan fingerprint density at radius 2 is 1.74 bits per heavy atom. The minimum Gasteiger partial charge on any atom is -0.468 e. The fourth-order valence-corrected chi connectivity index (χ4v) is 5.21. The van der Waals surface area contributed by atoms with Crippen LogP contribution in [0, 0.1) is 5.82 Å². The van der Waals surface area contributed by atoms with E-state index in [1.807, 2.05) is 6.07 Å². The van der Waals surface area contributed by atoms with Crippen molar-refractivity contribution >= 4 is 11.9 Å². The van der Waals surface area contributed by atoms with Gasteiger partial charge in [-0.2, -0.15) is 0 Å². The molecule has 0 bridgehead atoms. The molecule has 0 spiro atoms. The smallest absolute Gasteiger partial charge is 0.323 e. The molecule has 1 amide bonds. The number of piperidine rings is 1. The molecule has 0 unspecified atom stereocenters. The van der Waals surface area contributed by atoms with E-state index < -0.39 is 0 Å². The van der Waals surface area contributed by atoms with E-state index >= 15 is 0 Å². The molecular formula is C27H34FN3O3. The molecule has 2 atom stereocenters. The van der Waals surface area contributed by atoms with Crippen LogP contribution < -0.4 is 5.32 Å². The Bertz CT molecular complexity index is 945. The van der Waals surface area contributed by atoms with Crippen LogP contribution in [0.3, 0.4) is 0 Å². The van der Waals surface area contributed by atoms with Crippen LogP contribution in [0.4, 0.5) is 4.39 Å². The van der Waals surface area contributed by atoms with Gasteiger partial charge in [-0.25, -0.2) is 4.39 Å². The zero-order valence-electron chi connectivity index (χ0n) is 19.8. The van der Waals surface area contributed by atoms with Gasteiger partial charge in [0.1, 0.15) is 11.9 Å². The first-order valence-corrected chi connectivity index (χ1v) is 12.2. The normalized spacial score (nSPS) is 21.9. The molecule has 2 heterocycles. The van der Waals surface area contributed by atoms with Gasteiger partial charge in [0.2, 0.25) is 5.91 Å². The highest BCUT2D eigenvalue weighted by atomic mass is 19.1. The van der Waals surface area contributed by atoms with Crippen LogP contribution in [0.25, 0.3) is 0 Å². The zero-order chi connectivity index (χ0) is 23.9. The summed E-state index contributed by atoms with van der Waals surface area (Å²) in [5, 5.41) is 3.07. The molecule has 2 fully saturated rings. The predicted octanol–water partition coefficient (Wildman–Crippen LogP) is 2.81. The van der Waals surface area contributed by atoms with E-state index in [0.29, 0.717) is 19.0 Å². The fourth-order valence-electron chi connectivity index (χ4n) is 5.21. The summed E-state index contributed by atoms with van der Waals surface area (Å²) in [4.78, 5) is 29.8. The third kappa shape index (κ3) is 6.42. The van der Waals surface area contributed by atoms with Gasteiger partial charge in [-0.1, -0.05) is 42.5 Å². The standard InChI is InChI=1S/C27H34FN3O3/c1-34-27(33)25-18-23(29-26(32)17-21-7-9-22(28)10-8-21)19-31(25)24-12-15-30(16-13-24)14-11-20-5-3-2-4-6-20/h2-10,23-25H,11-19H2,1H3,(H,29,32)/t23-,25-/m0/s1. The molecule has 2 aliphatic rings. The summed E-state index contributed by atoms with van der Waals surface area (Å²) >= 11 is 0. The SMILES string of the molecule is COC(=O)[C@@H]1C[C@H](NC(=O)Cc2ccc(F)cc2)CN1C1CCN(CCc2ccccc2)CC1. The Balaban J connectivity index is 1.29. The number of methoxy groups -OCH3 is 1. The third-order valence-electron chi connectivity index (χ3n) is 7.04. The Hall–Kier alpha value is -2.77. The molecule has 4 rings (SSSR count). The maximum atomic E-state index is 13.1. The predicted molar refractivity (Wildman–Crippen MR) is 129 cm³/mol. The van der Waals surface area contributed by atoms with Crippen LogP contribution in [-0.4, -0.2) is 73.1 Å². The van der Waals surface area contributed by atoms with Gasteiger partial charge in [-0.3, -0.25) is 14.5 Å². The van der Waals surface area contributed by atoms with Crippen LogP contribution >= 0.6 is 0 Å². The van der Waals surface area contributed by atoms with Gasteiger partial charge in [-0.15, -0.1) is 0 Å². The van der Waals surface area contributed by atoms with Gasteiger partial charge in [0.25, 0.3) is 0 Å². The number of amides is 1. The average Bonchev–Trinajstić information content (AvgIpc) is 3.28. The summed E-state index contributed by atoms with van der Waals surface area (Å²) in [6.07, 6.45) is 3.79.